The lowest BCUT2D eigenvalue weighted by Gasteiger charge is -2.44. The van der Waals surface area contributed by atoms with Gasteiger partial charge in [-0.1, -0.05) is 214 Å². The van der Waals surface area contributed by atoms with Gasteiger partial charge >= 0.3 is 0 Å². The molecule has 0 bridgehead atoms. The van der Waals surface area contributed by atoms with E-state index < -0.39 is 0 Å². The number of carbonyl (C=O) groups excluding carboxylic acids is 2. The lowest BCUT2D eigenvalue weighted by molar-refractivity contribution is 0.0999. The Balaban J connectivity index is 3.35. The third-order valence-electron chi connectivity index (χ3n) is 12.7. The zero-order valence-electron chi connectivity index (χ0n) is 35.0. The van der Waals surface area contributed by atoms with Crippen LogP contribution in [0.25, 0.3) is 0 Å². The third-order valence-corrected chi connectivity index (χ3v) is 12.7. The molecular weight excluding hydrogens is 625 g/mol. The van der Waals surface area contributed by atoms with Gasteiger partial charge in [0.05, 0.1) is 11.6 Å². The highest BCUT2D eigenvalue weighted by molar-refractivity contribution is 5.35. The molecule has 0 aliphatic heterocycles. The van der Waals surface area contributed by atoms with Gasteiger partial charge in [-0.05, 0) is 62.7 Å². The van der Waals surface area contributed by atoms with Gasteiger partial charge in [-0.15, -0.1) is 0 Å². The number of nitrogens with zero attached hydrogens (tertiary/aromatic N) is 2. The molecule has 0 saturated heterocycles. The van der Waals surface area contributed by atoms with E-state index in [9.17, 15) is 9.59 Å². The summed E-state index contributed by atoms with van der Waals surface area (Å²) in [4.78, 5) is 33.8. The predicted molar refractivity (Wildman–Crippen MR) is 222 cm³/mol. The van der Waals surface area contributed by atoms with Crippen molar-refractivity contribution in [2.24, 2.45) is 21.3 Å². The van der Waals surface area contributed by atoms with Crippen LogP contribution in [0.2, 0.25) is 0 Å². The van der Waals surface area contributed by atoms with E-state index in [0.717, 1.165) is 44.9 Å². The number of hydrogen-bond donors (Lipinski definition) is 0. The fraction of sp³-hybridized carbons (Fsp3) is 0.957. The molecule has 2 unspecified atom stereocenters. The van der Waals surface area contributed by atoms with Crippen LogP contribution in [0.1, 0.15) is 265 Å². The van der Waals surface area contributed by atoms with Crippen molar-refractivity contribution in [1.29, 1.82) is 0 Å². The molecule has 0 spiro atoms. The number of unbranched alkanes of at least 4 members (excludes halogenated alkanes) is 22. The first-order valence-corrected chi connectivity index (χ1v) is 23.2. The van der Waals surface area contributed by atoms with Crippen LogP contribution in [0.15, 0.2) is 9.98 Å². The minimum atomic E-state index is -0.345. The van der Waals surface area contributed by atoms with E-state index in [-0.39, 0.29) is 17.0 Å². The molecule has 298 valence electrons. The van der Waals surface area contributed by atoms with E-state index in [2.05, 4.69) is 44.8 Å². The summed E-state index contributed by atoms with van der Waals surface area (Å²) in [6, 6.07) is 0.0538. The summed E-state index contributed by atoms with van der Waals surface area (Å²) in [5, 5.41) is 0. The van der Waals surface area contributed by atoms with E-state index >= 15 is 0 Å². The Kier molecular flexibility index (Phi) is 31.2. The number of rotatable bonds is 37. The molecule has 4 nitrogen and oxygen atoms in total. The van der Waals surface area contributed by atoms with Gasteiger partial charge in [0.1, 0.15) is 0 Å². The Morgan fingerprint density at radius 1 is 0.490 bits per heavy atom. The quantitative estimate of drug-likeness (QED) is 0.0366. The minimum Gasteiger partial charge on any atom is -0.211 e. The summed E-state index contributed by atoms with van der Waals surface area (Å²) in [6.07, 6.45) is 50.4. The zero-order chi connectivity index (χ0) is 37.1. The second-order valence-electron chi connectivity index (χ2n) is 17.3. The van der Waals surface area contributed by atoms with E-state index in [1.54, 1.807) is 0 Å². The maximum atomic E-state index is 12.3. The van der Waals surface area contributed by atoms with Crippen LogP contribution in [-0.4, -0.2) is 23.7 Å². The lowest BCUT2D eigenvalue weighted by atomic mass is 9.63. The van der Waals surface area contributed by atoms with Gasteiger partial charge in [-0.2, -0.15) is 4.99 Å². The van der Waals surface area contributed by atoms with Gasteiger partial charge in [-0.3, -0.25) is 0 Å². The number of hydrogen-bond acceptors (Lipinski definition) is 4. The summed E-state index contributed by atoms with van der Waals surface area (Å²) in [5.41, 5.74) is -0.302. The van der Waals surface area contributed by atoms with E-state index in [4.69, 9.17) is 4.99 Å². The van der Waals surface area contributed by atoms with Gasteiger partial charge in [-0.25, -0.2) is 14.6 Å². The van der Waals surface area contributed by atoms with Crippen molar-refractivity contribution in [2.45, 2.75) is 277 Å². The maximum Gasteiger partial charge on any atom is 0.235 e. The number of aliphatic imine (C=N–C) groups is 2. The summed E-state index contributed by atoms with van der Waals surface area (Å²) in [7, 11) is 0. The maximum absolute atomic E-state index is 12.3. The largest absolute Gasteiger partial charge is 0.235 e. The number of isocyanates is 2. The van der Waals surface area contributed by atoms with Crippen molar-refractivity contribution in [2.75, 3.05) is 0 Å². The van der Waals surface area contributed by atoms with Crippen LogP contribution in [0.4, 0.5) is 0 Å². The monoisotopic (exact) mass is 713 g/mol. The normalized spacial score (nSPS) is 15.6. The lowest BCUT2D eigenvalue weighted by Crippen LogP contribution is -2.39. The van der Waals surface area contributed by atoms with Crippen LogP contribution in [-0.2, 0) is 9.59 Å². The molecule has 0 aromatic heterocycles. The molecule has 4 heteroatoms. The third kappa shape index (κ3) is 23.9. The molecule has 0 aromatic rings. The first-order chi connectivity index (χ1) is 25.0. The summed E-state index contributed by atoms with van der Waals surface area (Å²) in [6.45, 7) is 9.16. The molecule has 2 atom stereocenters. The van der Waals surface area contributed by atoms with Gasteiger partial charge in [0, 0.05) is 0 Å². The van der Waals surface area contributed by atoms with Crippen molar-refractivity contribution in [3.05, 3.63) is 0 Å². The van der Waals surface area contributed by atoms with Gasteiger partial charge < -0.3 is 0 Å². The van der Waals surface area contributed by atoms with Crippen molar-refractivity contribution in [3.8, 4) is 0 Å². The summed E-state index contributed by atoms with van der Waals surface area (Å²) >= 11 is 0. The topological polar surface area (TPSA) is 58.9 Å². The van der Waals surface area contributed by atoms with E-state index in [1.807, 2.05) is 0 Å². The SMILES string of the molecule is CCCCCCCCCCC(CCCCCCCCCC)(CC(N=C=O)C1CCCCC1)CC(CCCC)(CCCCCCCCCC)N=C=O. The van der Waals surface area contributed by atoms with Gasteiger partial charge in [0.25, 0.3) is 0 Å². The summed E-state index contributed by atoms with van der Waals surface area (Å²) in [5.74, 6) is 0.490. The molecular formula is C47H88N2O2. The standard InChI is InChI=1S/C47H88N2O2/c1-5-9-13-16-19-22-25-31-36-46(37-32-26-23-20-17-14-10-6-2,40-45(48-42-50)44-34-29-28-30-35-44)41-47(49-43-51,38-12-8-4)39-33-27-24-21-18-15-11-7-3/h44-45H,5-41H2,1-4H3. The van der Waals surface area contributed by atoms with Crippen LogP contribution >= 0.6 is 0 Å². The van der Waals surface area contributed by atoms with Gasteiger partial charge in [0.15, 0.2) is 0 Å². The Morgan fingerprint density at radius 2 is 0.882 bits per heavy atom. The Hall–Kier alpha value is -1.24. The Labute approximate surface area is 319 Å². The fourth-order valence-electron chi connectivity index (χ4n) is 9.54. The average Bonchev–Trinajstić information content (AvgIpc) is 3.14. The molecule has 0 radical (unpaired) electrons. The Morgan fingerprint density at radius 3 is 1.29 bits per heavy atom. The first-order valence-electron chi connectivity index (χ1n) is 23.2. The van der Waals surface area contributed by atoms with Crippen molar-refractivity contribution in [3.63, 3.8) is 0 Å². The average molecular weight is 713 g/mol. The molecule has 1 aliphatic carbocycles. The smallest absolute Gasteiger partial charge is 0.211 e. The molecule has 1 saturated carbocycles. The van der Waals surface area contributed by atoms with E-state index in [0.29, 0.717) is 5.92 Å². The predicted octanol–water partition coefficient (Wildman–Crippen LogP) is 15.9. The molecule has 0 amide bonds. The molecule has 51 heavy (non-hydrogen) atoms. The van der Waals surface area contributed by atoms with Crippen LogP contribution in [0.3, 0.4) is 0 Å². The molecule has 1 aliphatic rings. The van der Waals surface area contributed by atoms with Crippen LogP contribution in [0.5, 0.6) is 0 Å². The molecule has 0 heterocycles. The van der Waals surface area contributed by atoms with Crippen LogP contribution < -0.4 is 0 Å². The summed E-state index contributed by atoms with van der Waals surface area (Å²) < 4.78 is 0. The molecule has 0 aromatic carbocycles. The van der Waals surface area contributed by atoms with Crippen molar-refractivity contribution < 1.29 is 9.59 Å². The van der Waals surface area contributed by atoms with Crippen LogP contribution in [0, 0.1) is 11.3 Å². The highest BCUT2D eigenvalue weighted by atomic mass is 16.1. The van der Waals surface area contributed by atoms with Crippen molar-refractivity contribution in [1.82, 2.24) is 0 Å². The van der Waals surface area contributed by atoms with E-state index in [1.165, 1.54) is 193 Å². The highest BCUT2D eigenvalue weighted by Crippen LogP contribution is 2.49. The minimum absolute atomic E-state index is 0.0428. The van der Waals surface area contributed by atoms with Crippen molar-refractivity contribution >= 4 is 12.2 Å². The fourth-order valence-corrected chi connectivity index (χ4v) is 9.54. The molecule has 0 N–H and O–H groups in total. The highest BCUT2D eigenvalue weighted by Gasteiger charge is 2.43. The second kappa shape index (κ2) is 33.3. The molecule has 1 rings (SSSR count). The molecule has 1 fully saturated rings. The second-order valence-corrected chi connectivity index (χ2v) is 17.3. The first kappa shape index (κ1) is 47.8. The zero-order valence-corrected chi connectivity index (χ0v) is 35.0. The Bertz CT molecular complexity index is 849. The van der Waals surface area contributed by atoms with Gasteiger partial charge in [0.2, 0.25) is 12.2 Å².